The molecule has 0 N–H and O–H groups in total. The lowest BCUT2D eigenvalue weighted by molar-refractivity contribution is -0.384. The summed E-state index contributed by atoms with van der Waals surface area (Å²) in [5.74, 6) is 0.465. The van der Waals surface area contributed by atoms with Crippen molar-refractivity contribution in [1.82, 2.24) is 4.98 Å². The van der Waals surface area contributed by atoms with Crippen LogP contribution in [0.5, 0.6) is 0 Å². The van der Waals surface area contributed by atoms with Crippen molar-refractivity contribution in [3.05, 3.63) is 49.2 Å². The number of pyridine rings is 1. The van der Waals surface area contributed by atoms with E-state index >= 15 is 0 Å². The highest BCUT2D eigenvalue weighted by Gasteiger charge is 2.34. The number of rotatable bonds is 5. The Morgan fingerprint density at radius 1 is 1.55 bits per heavy atom. The van der Waals surface area contributed by atoms with Crippen molar-refractivity contribution in [1.29, 1.82) is 0 Å². The molecule has 0 atom stereocenters. The van der Waals surface area contributed by atoms with Crippen molar-refractivity contribution < 1.29 is 4.92 Å². The van der Waals surface area contributed by atoms with Crippen molar-refractivity contribution in [2.24, 2.45) is 0 Å². The Morgan fingerprint density at radius 3 is 2.95 bits per heavy atom. The van der Waals surface area contributed by atoms with Crippen LogP contribution in [0, 0.1) is 10.1 Å². The average molecular weight is 354 g/mol. The molecule has 3 rings (SSSR count). The summed E-state index contributed by atoms with van der Waals surface area (Å²) in [6.07, 6.45) is 3.75. The molecule has 1 aliphatic rings. The summed E-state index contributed by atoms with van der Waals surface area (Å²) in [4.78, 5) is 17.2. The second-order valence-electron chi connectivity index (χ2n) is 4.74. The molecule has 0 radical (unpaired) electrons. The van der Waals surface area contributed by atoms with Crippen LogP contribution in [0.25, 0.3) is 0 Å². The van der Waals surface area contributed by atoms with Gasteiger partial charge in [0.05, 0.1) is 4.92 Å². The highest BCUT2D eigenvalue weighted by Crippen LogP contribution is 2.37. The molecule has 2 heterocycles. The first-order chi connectivity index (χ1) is 9.65. The first-order valence-corrected chi connectivity index (χ1v) is 7.96. The van der Waals surface area contributed by atoms with E-state index in [9.17, 15) is 10.1 Å². The van der Waals surface area contributed by atoms with Gasteiger partial charge in [0.25, 0.3) is 0 Å². The first-order valence-electron chi connectivity index (χ1n) is 6.23. The number of halogens is 1. The third-order valence-corrected chi connectivity index (χ3v) is 4.37. The SMILES string of the molecule is O=[N+]([O-])c1cc(Br)cnc1N(Cc1ccsc1)C1CC1. The molecule has 20 heavy (non-hydrogen) atoms. The molecule has 5 nitrogen and oxygen atoms in total. The lowest BCUT2D eigenvalue weighted by Gasteiger charge is -2.22. The monoisotopic (exact) mass is 353 g/mol. The van der Waals surface area contributed by atoms with Crippen molar-refractivity contribution in [3.63, 3.8) is 0 Å². The standard InChI is InChI=1S/C13H12BrN3O2S/c14-10-5-12(17(18)19)13(15-6-10)16(11-1-2-11)7-9-3-4-20-8-9/h3-6,8,11H,1-2,7H2. The molecular weight excluding hydrogens is 342 g/mol. The van der Waals surface area contributed by atoms with Gasteiger partial charge in [0.15, 0.2) is 0 Å². The molecule has 0 unspecified atom stereocenters. The third-order valence-electron chi connectivity index (χ3n) is 3.20. The molecule has 2 aromatic heterocycles. The highest BCUT2D eigenvalue weighted by molar-refractivity contribution is 9.10. The van der Waals surface area contributed by atoms with E-state index in [-0.39, 0.29) is 10.6 Å². The van der Waals surface area contributed by atoms with Crippen LogP contribution in [0.15, 0.2) is 33.6 Å². The molecule has 2 aromatic rings. The molecule has 1 fully saturated rings. The lowest BCUT2D eigenvalue weighted by Crippen LogP contribution is -2.26. The fraction of sp³-hybridized carbons (Fsp3) is 0.308. The Morgan fingerprint density at radius 2 is 2.35 bits per heavy atom. The normalized spacial score (nSPS) is 14.2. The average Bonchev–Trinajstić information content (AvgIpc) is 3.13. The van der Waals surface area contributed by atoms with Crippen molar-refractivity contribution >= 4 is 38.8 Å². The van der Waals surface area contributed by atoms with Gasteiger partial charge < -0.3 is 4.90 Å². The van der Waals surface area contributed by atoms with Crippen molar-refractivity contribution in [2.45, 2.75) is 25.4 Å². The first kappa shape index (κ1) is 13.5. The quantitative estimate of drug-likeness (QED) is 0.602. The summed E-state index contributed by atoms with van der Waals surface area (Å²) >= 11 is 4.88. The number of hydrogen-bond donors (Lipinski definition) is 0. The maximum Gasteiger partial charge on any atom is 0.312 e. The van der Waals surface area contributed by atoms with Crippen molar-refractivity contribution in [3.8, 4) is 0 Å². The summed E-state index contributed by atoms with van der Waals surface area (Å²) < 4.78 is 0.624. The van der Waals surface area contributed by atoms with Gasteiger partial charge in [-0.15, -0.1) is 0 Å². The van der Waals surface area contributed by atoms with Gasteiger partial charge in [-0.05, 0) is 51.2 Å². The van der Waals surface area contributed by atoms with Gasteiger partial charge in [-0.2, -0.15) is 11.3 Å². The second-order valence-corrected chi connectivity index (χ2v) is 6.44. The summed E-state index contributed by atoms with van der Waals surface area (Å²) in [7, 11) is 0. The fourth-order valence-corrected chi connectivity index (χ4v) is 3.10. The van der Waals surface area contributed by atoms with Gasteiger partial charge in [0, 0.05) is 29.3 Å². The predicted molar refractivity (Wildman–Crippen MR) is 82.1 cm³/mol. The molecule has 0 aliphatic heterocycles. The molecule has 0 aromatic carbocycles. The minimum absolute atomic E-state index is 0.0569. The molecule has 104 valence electrons. The van der Waals surface area contributed by atoms with Gasteiger partial charge >= 0.3 is 5.69 Å². The highest BCUT2D eigenvalue weighted by atomic mass is 79.9. The fourth-order valence-electron chi connectivity index (χ4n) is 2.12. The number of anilines is 1. The molecule has 0 spiro atoms. The molecule has 0 bridgehead atoms. The Bertz CT molecular complexity index is 629. The number of nitrogens with zero attached hydrogens (tertiary/aromatic N) is 3. The molecular formula is C13H12BrN3O2S. The summed E-state index contributed by atoms with van der Waals surface area (Å²) in [5.41, 5.74) is 1.22. The van der Waals surface area contributed by atoms with E-state index in [0.717, 1.165) is 12.8 Å². The van der Waals surface area contributed by atoms with Crippen LogP contribution in [-0.2, 0) is 6.54 Å². The van der Waals surface area contributed by atoms with Gasteiger partial charge in [0.2, 0.25) is 5.82 Å². The molecule has 1 aliphatic carbocycles. The number of thiophene rings is 1. The summed E-state index contributed by atoms with van der Waals surface area (Å²) in [6.45, 7) is 0.670. The van der Waals surface area contributed by atoms with Crippen LogP contribution in [0.3, 0.4) is 0 Å². The van der Waals surface area contributed by atoms with Crippen LogP contribution in [0.4, 0.5) is 11.5 Å². The summed E-state index contributed by atoms with van der Waals surface area (Å²) in [6, 6.07) is 3.93. The minimum Gasteiger partial charge on any atom is -0.344 e. The zero-order chi connectivity index (χ0) is 14.1. The molecule has 1 saturated carbocycles. The predicted octanol–water partition coefficient (Wildman–Crippen LogP) is 3.98. The van der Waals surface area contributed by atoms with Gasteiger partial charge in [-0.25, -0.2) is 4.98 Å². The zero-order valence-electron chi connectivity index (χ0n) is 10.5. The van der Waals surface area contributed by atoms with Gasteiger partial charge in [-0.1, -0.05) is 0 Å². The largest absolute Gasteiger partial charge is 0.344 e. The van der Waals surface area contributed by atoms with E-state index in [1.165, 1.54) is 11.6 Å². The Hall–Kier alpha value is -1.47. The zero-order valence-corrected chi connectivity index (χ0v) is 12.9. The Balaban J connectivity index is 1.97. The van der Waals surface area contributed by atoms with Gasteiger partial charge in [0.1, 0.15) is 0 Å². The van der Waals surface area contributed by atoms with E-state index in [4.69, 9.17) is 0 Å². The number of hydrogen-bond acceptors (Lipinski definition) is 5. The van der Waals surface area contributed by atoms with E-state index in [1.54, 1.807) is 17.5 Å². The Kier molecular flexibility index (Phi) is 3.71. The lowest BCUT2D eigenvalue weighted by atomic mass is 10.2. The van der Waals surface area contributed by atoms with Crippen LogP contribution in [0.1, 0.15) is 18.4 Å². The van der Waals surface area contributed by atoms with Gasteiger partial charge in [-0.3, -0.25) is 10.1 Å². The van der Waals surface area contributed by atoms with Crippen LogP contribution in [-0.4, -0.2) is 15.9 Å². The minimum atomic E-state index is -0.365. The van der Waals surface area contributed by atoms with E-state index in [0.29, 0.717) is 22.9 Å². The number of aromatic nitrogens is 1. The van der Waals surface area contributed by atoms with Crippen molar-refractivity contribution in [2.75, 3.05) is 4.90 Å². The number of nitro groups is 1. The van der Waals surface area contributed by atoms with E-state index in [1.807, 2.05) is 16.3 Å². The topological polar surface area (TPSA) is 59.3 Å². The van der Waals surface area contributed by atoms with E-state index < -0.39 is 0 Å². The third kappa shape index (κ3) is 2.83. The smallest absolute Gasteiger partial charge is 0.312 e. The maximum absolute atomic E-state index is 11.2. The molecule has 7 heteroatoms. The van der Waals surface area contributed by atoms with Crippen LogP contribution >= 0.6 is 27.3 Å². The summed E-state index contributed by atoms with van der Waals surface area (Å²) in [5, 5.41) is 15.3. The molecule has 0 saturated heterocycles. The van der Waals surface area contributed by atoms with E-state index in [2.05, 4.69) is 26.3 Å². The van der Waals surface area contributed by atoms with Crippen LogP contribution < -0.4 is 4.90 Å². The van der Waals surface area contributed by atoms with Crippen LogP contribution in [0.2, 0.25) is 0 Å². The Labute approximate surface area is 128 Å². The molecule has 0 amide bonds. The maximum atomic E-state index is 11.2. The second kappa shape index (κ2) is 5.49.